The van der Waals surface area contributed by atoms with Crippen molar-refractivity contribution in [3.63, 3.8) is 0 Å². The molecule has 0 aromatic rings. The number of urea groups is 1. The molecular formula is C13H23N3O5. The van der Waals surface area contributed by atoms with Crippen molar-refractivity contribution in [1.82, 2.24) is 10.6 Å². The van der Waals surface area contributed by atoms with Gasteiger partial charge in [0.25, 0.3) is 0 Å². The summed E-state index contributed by atoms with van der Waals surface area (Å²) in [5.41, 5.74) is 4.98. The van der Waals surface area contributed by atoms with Crippen molar-refractivity contribution >= 4 is 17.9 Å². The number of rotatable bonds is 7. The third kappa shape index (κ3) is 6.44. The van der Waals surface area contributed by atoms with Crippen LogP contribution in [0.1, 0.15) is 32.6 Å². The molecule has 1 aliphatic heterocycles. The summed E-state index contributed by atoms with van der Waals surface area (Å²) in [7, 11) is 0. The highest BCUT2D eigenvalue weighted by Crippen LogP contribution is 2.18. The molecule has 0 radical (unpaired) electrons. The van der Waals surface area contributed by atoms with Crippen LogP contribution >= 0.6 is 0 Å². The van der Waals surface area contributed by atoms with Crippen molar-refractivity contribution < 1.29 is 24.2 Å². The van der Waals surface area contributed by atoms with Crippen molar-refractivity contribution in [2.45, 2.75) is 44.7 Å². The summed E-state index contributed by atoms with van der Waals surface area (Å²) in [5.74, 6) is -1.47. The first-order valence-electron chi connectivity index (χ1n) is 7.06. The lowest BCUT2D eigenvalue weighted by molar-refractivity contribution is -0.139. The normalized spacial score (nSPS) is 18.5. The predicted molar refractivity (Wildman–Crippen MR) is 74.5 cm³/mol. The molecule has 0 aromatic heterocycles. The molecule has 1 heterocycles. The molecule has 2 atom stereocenters. The number of aliphatic carboxylic acids is 1. The zero-order valence-electron chi connectivity index (χ0n) is 12.1. The lowest BCUT2D eigenvalue weighted by Crippen LogP contribution is -2.50. The SMILES string of the molecule is CC(NC(=O)N[C@@H](CCC(N)=O)C(=O)O)C1CCOCC1. The van der Waals surface area contributed by atoms with E-state index in [1.807, 2.05) is 6.92 Å². The van der Waals surface area contributed by atoms with Gasteiger partial charge in [0, 0.05) is 25.7 Å². The molecule has 8 heteroatoms. The number of carboxylic acid groups (broad SMARTS) is 1. The first-order chi connectivity index (χ1) is 9.90. The molecule has 1 aliphatic rings. The van der Waals surface area contributed by atoms with Crippen molar-refractivity contribution in [3.05, 3.63) is 0 Å². The van der Waals surface area contributed by atoms with E-state index in [0.717, 1.165) is 12.8 Å². The minimum Gasteiger partial charge on any atom is -0.480 e. The summed E-state index contributed by atoms with van der Waals surface area (Å²) in [5, 5.41) is 14.1. The molecule has 0 spiro atoms. The van der Waals surface area contributed by atoms with Gasteiger partial charge in [-0.25, -0.2) is 9.59 Å². The van der Waals surface area contributed by atoms with Crippen molar-refractivity contribution in [3.8, 4) is 0 Å². The Labute approximate surface area is 123 Å². The number of carbonyl (C=O) groups is 3. The van der Waals surface area contributed by atoms with Crippen LogP contribution in [0.4, 0.5) is 4.79 Å². The van der Waals surface area contributed by atoms with Crippen molar-refractivity contribution in [2.75, 3.05) is 13.2 Å². The second kappa shape index (κ2) is 8.46. The molecule has 1 unspecified atom stereocenters. The number of carboxylic acids is 1. The van der Waals surface area contributed by atoms with Gasteiger partial charge in [-0.3, -0.25) is 4.79 Å². The highest BCUT2D eigenvalue weighted by atomic mass is 16.5. The first kappa shape index (κ1) is 17.2. The molecule has 0 saturated carbocycles. The standard InChI is InChI=1S/C13H23N3O5/c1-8(9-4-6-21-7-5-9)15-13(20)16-10(12(18)19)2-3-11(14)17/h8-10H,2-7H2,1H3,(H2,14,17)(H,18,19)(H2,15,16,20)/t8?,10-/m0/s1. The molecule has 1 rings (SSSR count). The van der Waals surface area contributed by atoms with Crippen LogP contribution in [-0.2, 0) is 14.3 Å². The number of ether oxygens (including phenoxy) is 1. The van der Waals surface area contributed by atoms with E-state index in [4.69, 9.17) is 15.6 Å². The smallest absolute Gasteiger partial charge is 0.326 e. The minimum atomic E-state index is -1.19. The zero-order chi connectivity index (χ0) is 15.8. The number of amides is 3. The Morgan fingerprint density at radius 2 is 1.90 bits per heavy atom. The van der Waals surface area contributed by atoms with E-state index >= 15 is 0 Å². The van der Waals surface area contributed by atoms with Gasteiger partial charge in [0.15, 0.2) is 0 Å². The van der Waals surface area contributed by atoms with E-state index in [2.05, 4.69) is 10.6 Å². The number of hydrogen-bond acceptors (Lipinski definition) is 4. The highest BCUT2D eigenvalue weighted by molar-refractivity contribution is 5.83. The summed E-state index contributed by atoms with van der Waals surface area (Å²) in [6.45, 7) is 3.23. The first-order valence-corrected chi connectivity index (χ1v) is 7.06. The van der Waals surface area contributed by atoms with Crippen LogP contribution in [0.5, 0.6) is 0 Å². The minimum absolute atomic E-state index is 0.0241. The quantitative estimate of drug-likeness (QED) is 0.518. The fourth-order valence-corrected chi connectivity index (χ4v) is 2.28. The van der Waals surface area contributed by atoms with Gasteiger partial charge in [0.1, 0.15) is 6.04 Å². The van der Waals surface area contributed by atoms with E-state index in [9.17, 15) is 14.4 Å². The topological polar surface area (TPSA) is 131 Å². The molecule has 1 saturated heterocycles. The van der Waals surface area contributed by atoms with Crippen molar-refractivity contribution in [1.29, 1.82) is 0 Å². The second-order valence-electron chi connectivity index (χ2n) is 5.25. The Bertz CT molecular complexity index is 382. The van der Waals surface area contributed by atoms with Crippen LogP contribution in [0.2, 0.25) is 0 Å². The van der Waals surface area contributed by atoms with E-state index in [1.54, 1.807) is 0 Å². The van der Waals surface area contributed by atoms with Crippen LogP contribution in [0, 0.1) is 5.92 Å². The fourth-order valence-electron chi connectivity index (χ4n) is 2.28. The number of carbonyl (C=O) groups excluding carboxylic acids is 2. The van der Waals surface area contributed by atoms with Crippen LogP contribution in [0.15, 0.2) is 0 Å². The number of nitrogens with one attached hydrogen (secondary N) is 2. The number of nitrogens with two attached hydrogens (primary N) is 1. The molecule has 1 fully saturated rings. The van der Waals surface area contributed by atoms with E-state index < -0.39 is 23.9 Å². The van der Waals surface area contributed by atoms with E-state index in [1.165, 1.54) is 0 Å². The molecule has 120 valence electrons. The summed E-state index contributed by atoms with van der Waals surface area (Å²) >= 11 is 0. The molecule has 3 amide bonds. The fraction of sp³-hybridized carbons (Fsp3) is 0.769. The highest BCUT2D eigenvalue weighted by Gasteiger charge is 2.24. The van der Waals surface area contributed by atoms with Gasteiger partial charge in [-0.05, 0) is 32.1 Å². The van der Waals surface area contributed by atoms with Gasteiger partial charge in [-0.1, -0.05) is 0 Å². The monoisotopic (exact) mass is 301 g/mol. The van der Waals surface area contributed by atoms with Gasteiger partial charge in [0.2, 0.25) is 5.91 Å². The van der Waals surface area contributed by atoms with Gasteiger partial charge in [0.05, 0.1) is 0 Å². The van der Waals surface area contributed by atoms with Crippen LogP contribution in [0.25, 0.3) is 0 Å². The number of hydrogen-bond donors (Lipinski definition) is 4. The van der Waals surface area contributed by atoms with Crippen LogP contribution in [0.3, 0.4) is 0 Å². The Morgan fingerprint density at radius 3 is 2.43 bits per heavy atom. The summed E-state index contributed by atoms with van der Waals surface area (Å²) in [6.07, 6.45) is 1.62. The van der Waals surface area contributed by atoms with Gasteiger partial charge >= 0.3 is 12.0 Å². The van der Waals surface area contributed by atoms with Gasteiger partial charge in [-0.2, -0.15) is 0 Å². The third-order valence-corrected chi connectivity index (χ3v) is 3.61. The maximum Gasteiger partial charge on any atom is 0.326 e. The average Bonchev–Trinajstić information content (AvgIpc) is 2.43. The average molecular weight is 301 g/mol. The van der Waals surface area contributed by atoms with Gasteiger partial charge in [-0.15, -0.1) is 0 Å². The second-order valence-corrected chi connectivity index (χ2v) is 5.25. The van der Waals surface area contributed by atoms with E-state index in [0.29, 0.717) is 19.1 Å². The maximum absolute atomic E-state index is 11.8. The lowest BCUT2D eigenvalue weighted by Gasteiger charge is -2.28. The largest absolute Gasteiger partial charge is 0.480 e. The van der Waals surface area contributed by atoms with Gasteiger partial charge < -0.3 is 26.2 Å². The Balaban J connectivity index is 2.41. The summed E-state index contributed by atoms with van der Waals surface area (Å²) in [6, 6.07) is -1.75. The van der Waals surface area contributed by atoms with Crippen molar-refractivity contribution in [2.24, 2.45) is 11.7 Å². The summed E-state index contributed by atoms with van der Waals surface area (Å²) in [4.78, 5) is 33.5. The Kier molecular flexibility index (Phi) is 6.93. The molecular weight excluding hydrogens is 278 g/mol. The lowest BCUT2D eigenvalue weighted by atomic mass is 9.93. The van der Waals surface area contributed by atoms with Crippen LogP contribution in [-0.4, -0.2) is 48.3 Å². The van der Waals surface area contributed by atoms with Crippen LogP contribution < -0.4 is 16.4 Å². The third-order valence-electron chi connectivity index (χ3n) is 3.61. The molecule has 8 nitrogen and oxygen atoms in total. The Morgan fingerprint density at radius 1 is 1.29 bits per heavy atom. The zero-order valence-corrected chi connectivity index (χ0v) is 12.1. The maximum atomic E-state index is 11.8. The predicted octanol–water partition coefficient (Wildman–Crippen LogP) is -0.181. The molecule has 5 N–H and O–H groups in total. The molecule has 0 aromatic carbocycles. The molecule has 21 heavy (non-hydrogen) atoms. The van der Waals surface area contributed by atoms with E-state index in [-0.39, 0.29) is 18.9 Å². The summed E-state index contributed by atoms with van der Waals surface area (Å²) < 4.78 is 5.26. The molecule has 0 aliphatic carbocycles. The molecule has 0 bridgehead atoms. The Hall–Kier alpha value is -1.83. The number of primary amides is 1.